The van der Waals surface area contributed by atoms with Gasteiger partial charge in [0.1, 0.15) is 11.4 Å². The molecule has 0 bridgehead atoms. The van der Waals surface area contributed by atoms with E-state index in [4.69, 9.17) is 10.5 Å². The van der Waals surface area contributed by atoms with Gasteiger partial charge < -0.3 is 21.1 Å². The van der Waals surface area contributed by atoms with E-state index in [1.54, 1.807) is 12.1 Å². The number of aromatic nitrogens is 3. The molecular formula is C20H20N6O3. The molecule has 148 valence electrons. The van der Waals surface area contributed by atoms with Crippen molar-refractivity contribution in [3.8, 4) is 17.0 Å². The second-order valence-electron chi connectivity index (χ2n) is 6.77. The Morgan fingerprint density at radius 2 is 1.90 bits per heavy atom. The van der Waals surface area contributed by atoms with Crippen molar-refractivity contribution in [3.63, 3.8) is 0 Å². The molecule has 0 spiro atoms. The zero-order valence-corrected chi connectivity index (χ0v) is 16.0. The van der Waals surface area contributed by atoms with E-state index in [2.05, 4.69) is 25.6 Å². The summed E-state index contributed by atoms with van der Waals surface area (Å²) in [6.07, 6.45) is 6.32. The first-order chi connectivity index (χ1) is 14.0. The van der Waals surface area contributed by atoms with Crippen molar-refractivity contribution in [2.45, 2.75) is 18.9 Å². The smallest absolute Gasteiger partial charge is 0.271 e. The van der Waals surface area contributed by atoms with Gasteiger partial charge in [-0.25, -0.2) is 4.98 Å². The number of fused-ring (bicyclic) bond motifs is 1. The lowest BCUT2D eigenvalue weighted by Gasteiger charge is -2.13. The molecule has 0 atom stereocenters. The summed E-state index contributed by atoms with van der Waals surface area (Å²) in [5, 5.41) is 6.04. The molecule has 1 aromatic carbocycles. The third kappa shape index (κ3) is 3.54. The Kier molecular flexibility index (Phi) is 4.71. The molecule has 1 saturated carbocycles. The summed E-state index contributed by atoms with van der Waals surface area (Å²) in [6, 6.07) is 3.73. The SMILES string of the molecule is CNC(=O)c1cnc(-c2cc3c(N)c(C(=O)NC4CC4)cnc3cc2OC)cn1. The lowest BCUT2D eigenvalue weighted by Crippen LogP contribution is -2.26. The Morgan fingerprint density at radius 1 is 1.10 bits per heavy atom. The van der Waals surface area contributed by atoms with Crippen LogP contribution in [0.3, 0.4) is 0 Å². The Hall–Kier alpha value is -3.75. The quantitative estimate of drug-likeness (QED) is 0.600. The third-order valence-electron chi connectivity index (χ3n) is 4.78. The van der Waals surface area contributed by atoms with Crippen molar-refractivity contribution < 1.29 is 14.3 Å². The molecule has 4 rings (SSSR count). The van der Waals surface area contributed by atoms with E-state index in [0.717, 1.165) is 12.8 Å². The topological polar surface area (TPSA) is 132 Å². The number of amides is 2. The second-order valence-corrected chi connectivity index (χ2v) is 6.77. The lowest BCUT2D eigenvalue weighted by molar-refractivity contribution is 0.0946. The number of hydrogen-bond donors (Lipinski definition) is 3. The van der Waals surface area contributed by atoms with Crippen molar-refractivity contribution in [1.29, 1.82) is 0 Å². The first-order valence-electron chi connectivity index (χ1n) is 9.13. The van der Waals surface area contributed by atoms with E-state index in [0.29, 0.717) is 39.2 Å². The summed E-state index contributed by atoms with van der Waals surface area (Å²) in [6.45, 7) is 0. The van der Waals surface area contributed by atoms with Crippen LogP contribution in [0.5, 0.6) is 5.75 Å². The van der Waals surface area contributed by atoms with Crippen LogP contribution in [0, 0.1) is 0 Å². The van der Waals surface area contributed by atoms with Gasteiger partial charge in [-0.2, -0.15) is 0 Å². The molecule has 4 N–H and O–H groups in total. The van der Waals surface area contributed by atoms with Crippen molar-refractivity contribution in [3.05, 3.63) is 42.0 Å². The number of benzene rings is 1. The second kappa shape index (κ2) is 7.34. The summed E-state index contributed by atoms with van der Waals surface area (Å²) in [7, 11) is 3.06. The predicted octanol–water partition coefficient (Wildman–Crippen LogP) is 1.53. The molecule has 2 amide bonds. The molecule has 1 aliphatic rings. The monoisotopic (exact) mass is 392 g/mol. The number of carbonyl (C=O) groups is 2. The Labute approximate surface area is 166 Å². The minimum Gasteiger partial charge on any atom is -0.496 e. The number of nitrogens with zero attached hydrogens (tertiary/aromatic N) is 3. The van der Waals surface area contributed by atoms with Gasteiger partial charge in [0.05, 0.1) is 42.0 Å². The largest absolute Gasteiger partial charge is 0.496 e. The number of rotatable bonds is 5. The molecule has 3 aromatic rings. The number of nitrogens with two attached hydrogens (primary N) is 1. The average molecular weight is 392 g/mol. The van der Waals surface area contributed by atoms with Gasteiger partial charge >= 0.3 is 0 Å². The number of nitrogens with one attached hydrogen (secondary N) is 2. The van der Waals surface area contributed by atoms with Gasteiger partial charge in [-0.1, -0.05) is 0 Å². The zero-order chi connectivity index (χ0) is 20.5. The van der Waals surface area contributed by atoms with E-state index in [1.807, 2.05) is 0 Å². The molecular weight excluding hydrogens is 372 g/mol. The van der Waals surface area contributed by atoms with Crippen LogP contribution in [-0.4, -0.2) is 47.0 Å². The fourth-order valence-corrected chi connectivity index (χ4v) is 2.99. The summed E-state index contributed by atoms with van der Waals surface area (Å²) >= 11 is 0. The fraction of sp³-hybridized carbons (Fsp3) is 0.250. The molecule has 1 fully saturated rings. The predicted molar refractivity (Wildman–Crippen MR) is 108 cm³/mol. The summed E-state index contributed by atoms with van der Waals surface area (Å²) in [5.74, 6) is -0.0256. The normalized spacial score (nSPS) is 13.2. The molecule has 0 saturated heterocycles. The maximum atomic E-state index is 12.5. The number of hydrogen-bond acceptors (Lipinski definition) is 7. The molecule has 0 radical (unpaired) electrons. The van der Waals surface area contributed by atoms with E-state index in [9.17, 15) is 9.59 Å². The van der Waals surface area contributed by atoms with Crippen LogP contribution in [0.25, 0.3) is 22.2 Å². The first-order valence-corrected chi connectivity index (χ1v) is 9.13. The highest BCUT2D eigenvalue weighted by Crippen LogP contribution is 2.35. The van der Waals surface area contributed by atoms with Crippen LogP contribution >= 0.6 is 0 Å². The number of nitrogen functional groups attached to an aromatic ring is 1. The average Bonchev–Trinajstić information content (AvgIpc) is 3.56. The van der Waals surface area contributed by atoms with Gasteiger partial charge in [-0.15, -0.1) is 0 Å². The minimum absolute atomic E-state index is 0.205. The molecule has 0 aliphatic heterocycles. The Morgan fingerprint density at radius 3 is 2.52 bits per heavy atom. The summed E-state index contributed by atoms with van der Waals surface area (Å²) in [5.41, 5.74) is 8.92. The highest BCUT2D eigenvalue weighted by molar-refractivity contribution is 6.07. The highest BCUT2D eigenvalue weighted by Gasteiger charge is 2.25. The third-order valence-corrected chi connectivity index (χ3v) is 4.78. The van der Waals surface area contributed by atoms with Crippen molar-refractivity contribution in [1.82, 2.24) is 25.6 Å². The standard InChI is InChI=1S/C20H20N6O3/c1-22-20(28)16-9-24-15(8-25-16)11-5-12-14(6-17(11)29-2)23-7-13(18(12)21)19(27)26-10-3-4-10/h5-10H,3-4H2,1-2H3,(H2,21,23)(H,22,28)(H,26,27). The van der Waals surface area contributed by atoms with Crippen LogP contribution in [0.2, 0.25) is 0 Å². The molecule has 1 aliphatic carbocycles. The van der Waals surface area contributed by atoms with E-state index in [-0.39, 0.29) is 23.6 Å². The van der Waals surface area contributed by atoms with Crippen molar-refractivity contribution >= 4 is 28.4 Å². The molecule has 2 heterocycles. The van der Waals surface area contributed by atoms with Gasteiger partial charge in [0.2, 0.25) is 0 Å². The first kappa shape index (κ1) is 18.6. The van der Waals surface area contributed by atoms with Crippen molar-refractivity contribution in [2.24, 2.45) is 0 Å². The number of methoxy groups -OCH3 is 1. The number of anilines is 1. The Bertz CT molecular complexity index is 1110. The summed E-state index contributed by atoms with van der Waals surface area (Å²) in [4.78, 5) is 37.0. The molecule has 9 heteroatoms. The maximum Gasteiger partial charge on any atom is 0.271 e. The fourth-order valence-electron chi connectivity index (χ4n) is 2.99. The molecule has 29 heavy (non-hydrogen) atoms. The zero-order valence-electron chi connectivity index (χ0n) is 16.0. The molecule has 0 unspecified atom stereocenters. The number of ether oxygens (including phenoxy) is 1. The van der Waals surface area contributed by atoms with Gasteiger partial charge in [-0.3, -0.25) is 19.6 Å². The van der Waals surface area contributed by atoms with Crippen molar-refractivity contribution in [2.75, 3.05) is 19.9 Å². The van der Waals surface area contributed by atoms with Crippen LogP contribution < -0.4 is 21.1 Å². The van der Waals surface area contributed by atoms with Crippen LogP contribution in [0.15, 0.2) is 30.7 Å². The van der Waals surface area contributed by atoms with Gasteiger partial charge in [-0.05, 0) is 18.9 Å². The Balaban J connectivity index is 1.79. The lowest BCUT2D eigenvalue weighted by atomic mass is 10.0. The molecule has 9 nitrogen and oxygen atoms in total. The minimum atomic E-state index is -0.325. The van der Waals surface area contributed by atoms with Crippen LogP contribution in [0.1, 0.15) is 33.7 Å². The maximum absolute atomic E-state index is 12.5. The summed E-state index contributed by atoms with van der Waals surface area (Å²) < 4.78 is 5.48. The van der Waals surface area contributed by atoms with Crippen LogP contribution in [0.4, 0.5) is 5.69 Å². The van der Waals surface area contributed by atoms with Gasteiger partial charge in [0.15, 0.2) is 0 Å². The van der Waals surface area contributed by atoms with Gasteiger partial charge in [0.25, 0.3) is 11.8 Å². The van der Waals surface area contributed by atoms with E-state index >= 15 is 0 Å². The molecule has 2 aromatic heterocycles. The van der Waals surface area contributed by atoms with E-state index < -0.39 is 0 Å². The van der Waals surface area contributed by atoms with E-state index in [1.165, 1.54) is 32.7 Å². The van der Waals surface area contributed by atoms with Crippen LogP contribution in [-0.2, 0) is 0 Å². The van der Waals surface area contributed by atoms with Gasteiger partial charge in [0, 0.05) is 36.3 Å². The number of pyridine rings is 1. The highest BCUT2D eigenvalue weighted by atomic mass is 16.5. The number of carbonyl (C=O) groups excluding carboxylic acids is 2.